The highest BCUT2D eigenvalue weighted by atomic mass is 32.1. The van der Waals surface area contributed by atoms with Gasteiger partial charge in [0.25, 0.3) is 0 Å². The molecule has 4 rings (SSSR count). The van der Waals surface area contributed by atoms with Crippen molar-refractivity contribution in [1.29, 1.82) is 0 Å². The van der Waals surface area contributed by atoms with E-state index in [1.165, 1.54) is 5.56 Å². The molecule has 0 radical (unpaired) electrons. The Kier molecular flexibility index (Phi) is 3.52. The Bertz CT molecular complexity index is 770. The number of aromatic nitrogens is 2. The van der Waals surface area contributed by atoms with E-state index >= 15 is 0 Å². The van der Waals surface area contributed by atoms with E-state index in [2.05, 4.69) is 68.6 Å². The van der Waals surface area contributed by atoms with Gasteiger partial charge in [0.05, 0.1) is 11.4 Å². The number of thiophene rings is 1. The fraction of sp³-hybridized carbons (Fsp3) is 0.294. The molecule has 1 aliphatic rings. The molecule has 3 heterocycles. The maximum Gasteiger partial charge on any atom is 0.141 e. The highest BCUT2D eigenvalue weighted by molar-refractivity contribution is 7.16. The van der Waals surface area contributed by atoms with Crippen LogP contribution in [0.2, 0.25) is 0 Å². The highest BCUT2D eigenvalue weighted by Crippen LogP contribution is 2.34. The summed E-state index contributed by atoms with van der Waals surface area (Å²) in [6.45, 7) is 3.05. The van der Waals surface area contributed by atoms with Crippen LogP contribution < -0.4 is 4.90 Å². The van der Waals surface area contributed by atoms with Crippen molar-refractivity contribution < 1.29 is 0 Å². The van der Waals surface area contributed by atoms with Gasteiger partial charge in [-0.25, -0.2) is 9.97 Å². The van der Waals surface area contributed by atoms with E-state index in [9.17, 15) is 0 Å². The molecule has 0 unspecified atom stereocenters. The fourth-order valence-corrected chi connectivity index (χ4v) is 3.87. The van der Waals surface area contributed by atoms with E-state index in [0.717, 1.165) is 35.7 Å². The second-order valence-corrected chi connectivity index (χ2v) is 6.61. The number of fused-ring (bicyclic) bond motifs is 1. The van der Waals surface area contributed by atoms with E-state index < -0.39 is 0 Å². The minimum absolute atomic E-state index is 0.331. The lowest BCUT2D eigenvalue weighted by Crippen LogP contribution is -2.47. The number of benzene rings is 1. The van der Waals surface area contributed by atoms with Crippen LogP contribution >= 0.6 is 11.3 Å². The molecule has 0 N–H and O–H groups in total. The van der Waals surface area contributed by atoms with Crippen LogP contribution in [0, 0.1) is 0 Å². The quantitative estimate of drug-likeness (QED) is 0.728. The first kappa shape index (κ1) is 13.7. The summed E-state index contributed by atoms with van der Waals surface area (Å²) < 4.78 is 0. The Morgan fingerprint density at radius 2 is 1.95 bits per heavy atom. The van der Waals surface area contributed by atoms with Crippen molar-refractivity contribution in [2.24, 2.45) is 0 Å². The molecule has 0 amide bonds. The SMILES string of the molecule is CN1CCN(c2ncnc3sccc23)[C@@H](c2ccccc2)C1. The Morgan fingerprint density at radius 1 is 1.09 bits per heavy atom. The first-order chi connectivity index (χ1) is 10.8. The van der Waals surface area contributed by atoms with Crippen LogP contribution in [0.1, 0.15) is 11.6 Å². The Balaban J connectivity index is 1.79. The topological polar surface area (TPSA) is 32.3 Å². The zero-order valence-corrected chi connectivity index (χ0v) is 13.3. The van der Waals surface area contributed by atoms with Gasteiger partial charge in [0.15, 0.2) is 0 Å². The van der Waals surface area contributed by atoms with Crippen molar-refractivity contribution in [3.05, 3.63) is 53.7 Å². The molecule has 1 fully saturated rings. The third-order valence-corrected chi connectivity index (χ3v) is 5.10. The van der Waals surface area contributed by atoms with Crippen LogP contribution in [0.5, 0.6) is 0 Å². The molecule has 112 valence electrons. The minimum atomic E-state index is 0.331. The average Bonchev–Trinajstić information content (AvgIpc) is 3.04. The molecule has 0 aliphatic carbocycles. The van der Waals surface area contributed by atoms with E-state index in [4.69, 9.17) is 0 Å². The first-order valence-electron chi connectivity index (χ1n) is 7.51. The Morgan fingerprint density at radius 3 is 2.82 bits per heavy atom. The van der Waals surface area contributed by atoms with Gasteiger partial charge in [-0.05, 0) is 24.1 Å². The lowest BCUT2D eigenvalue weighted by Gasteiger charge is -2.41. The number of anilines is 1. The van der Waals surface area contributed by atoms with Gasteiger partial charge in [0, 0.05) is 19.6 Å². The van der Waals surface area contributed by atoms with Gasteiger partial charge in [-0.1, -0.05) is 30.3 Å². The Hall–Kier alpha value is -1.98. The number of hydrogen-bond acceptors (Lipinski definition) is 5. The van der Waals surface area contributed by atoms with Crippen molar-refractivity contribution >= 4 is 27.4 Å². The maximum atomic E-state index is 4.61. The standard InChI is InChI=1S/C17H18N4S/c1-20-8-9-21(15(11-20)13-5-3-2-4-6-13)16-14-7-10-22-17(14)19-12-18-16/h2-7,10,12,15H,8-9,11H2,1H3/t15-/m1/s1. The van der Waals surface area contributed by atoms with Gasteiger partial charge in [-0.3, -0.25) is 0 Å². The summed E-state index contributed by atoms with van der Waals surface area (Å²) in [5.74, 6) is 1.06. The maximum absolute atomic E-state index is 4.61. The second kappa shape index (κ2) is 5.66. The minimum Gasteiger partial charge on any atom is -0.346 e. The third kappa shape index (κ3) is 2.36. The van der Waals surface area contributed by atoms with Gasteiger partial charge in [-0.15, -0.1) is 11.3 Å². The van der Waals surface area contributed by atoms with Gasteiger partial charge in [-0.2, -0.15) is 0 Å². The molecule has 1 saturated heterocycles. The number of nitrogens with zero attached hydrogens (tertiary/aromatic N) is 4. The summed E-state index contributed by atoms with van der Waals surface area (Å²) >= 11 is 1.67. The van der Waals surface area contributed by atoms with Gasteiger partial charge >= 0.3 is 0 Å². The lowest BCUT2D eigenvalue weighted by molar-refractivity contribution is 0.268. The average molecular weight is 310 g/mol. The molecule has 2 aromatic heterocycles. The molecule has 22 heavy (non-hydrogen) atoms. The van der Waals surface area contributed by atoms with Crippen LogP contribution in [-0.2, 0) is 0 Å². The monoisotopic (exact) mass is 310 g/mol. The smallest absolute Gasteiger partial charge is 0.141 e. The summed E-state index contributed by atoms with van der Waals surface area (Å²) in [4.78, 5) is 14.9. The predicted octanol–water partition coefficient (Wildman–Crippen LogP) is 3.18. The zero-order chi connectivity index (χ0) is 14.9. The highest BCUT2D eigenvalue weighted by Gasteiger charge is 2.28. The largest absolute Gasteiger partial charge is 0.346 e. The molecule has 1 atom stereocenters. The van der Waals surface area contributed by atoms with Crippen molar-refractivity contribution in [3.8, 4) is 0 Å². The lowest BCUT2D eigenvalue weighted by atomic mass is 10.0. The molecule has 1 aliphatic heterocycles. The molecule has 4 nitrogen and oxygen atoms in total. The Labute approximate surface area is 134 Å². The van der Waals surface area contributed by atoms with E-state index in [0.29, 0.717) is 6.04 Å². The van der Waals surface area contributed by atoms with Crippen LogP contribution in [0.4, 0.5) is 5.82 Å². The summed E-state index contributed by atoms with van der Waals surface area (Å²) in [5.41, 5.74) is 1.34. The van der Waals surface area contributed by atoms with Crippen molar-refractivity contribution in [2.45, 2.75) is 6.04 Å². The van der Waals surface area contributed by atoms with Crippen LogP contribution in [0.3, 0.4) is 0 Å². The molecule has 1 aromatic carbocycles. The molecule has 5 heteroatoms. The van der Waals surface area contributed by atoms with Crippen LogP contribution in [-0.4, -0.2) is 41.5 Å². The number of rotatable bonds is 2. The van der Waals surface area contributed by atoms with E-state index in [-0.39, 0.29) is 0 Å². The van der Waals surface area contributed by atoms with Crippen LogP contribution in [0.15, 0.2) is 48.1 Å². The first-order valence-corrected chi connectivity index (χ1v) is 8.39. The molecule has 0 saturated carbocycles. The summed E-state index contributed by atoms with van der Waals surface area (Å²) in [7, 11) is 2.19. The predicted molar refractivity (Wildman–Crippen MR) is 91.4 cm³/mol. The van der Waals surface area contributed by atoms with Gasteiger partial charge < -0.3 is 9.80 Å². The van der Waals surface area contributed by atoms with Crippen LogP contribution in [0.25, 0.3) is 10.2 Å². The molecular weight excluding hydrogens is 292 g/mol. The summed E-state index contributed by atoms with van der Waals surface area (Å²) in [5, 5.41) is 3.26. The van der Waals surface area contributed by atoms with E-state index in [1.54, 1.807) is 17.7 Å². The van der Waals surface area contributed by atoms with Crippen molar-refractivity contribution in [3.63, 3.8) is 0 Å². The number of piperazine rings is 1. The van der Waals surface area contributed by atoms with Gasteiger partial charge in [0.2, 0.25) is 0 Å². The molecule has 0 bridgehead atoms. The molecule has 0 spiro atoms. The fourth-order valence-electron chi connectivity index (χ4n) is 3.14. The summed E-state index contributed by atoms with van der Waals surface area (Å²) in [6, 6.07) is 13.2. The number of hydrogen-bond donors (Lipinski definition) is 0. The van der Waals surface area contributed by atoms with Gasteiger partial charge in [0.1, 0.15) is 17.0 Å². The van der Waals surface area contributed by atoms with Crippen molar-refractivity contribution in [2.75, 3.05) is 31.6 Å². The zero-order valence-electron chi connectivity index (χ0n) is 12.5. The van der Waals surface area contributed by atoms with E-state index in [1.807, 2.05) is 0 Å². The van der Waals surface area contributed by atoms with Crippen molar-refractivity contribution in [1.82, 2.24) is 14.9 Å². The third-order valence-electron chi connectivity index (χ3n) is 4.28. The normalized spacial score (nSPS) is 19.7. The second-order valence-electron chi connectivity index (χ2n) is 5.72. The molecular formula is C17H18N4S. The summed E-state index contributed by atoms with van der Waals surface area (Å²) in [6.07, 6.45) is 1.69. The number of likely N-dealkylation sites (N-methyl/N-ethyl adjacent to an activating group) is 1. The molecule has 3 aromatic rings.